The lowest BCUT2D eigenvalue weighted by atomic mass is 9.85. The van der Waals surface area contributed by atoms with Crippen LogP contribution in [-0.4, -0.2) is 34.7 Å². The summed E-state index contributed by atoms with van der Waals surface area (Å²) in [5.41, 5.74) is 2.66. The van der Waals surface area contributed by atoms with Gasteiger partial charge in [-0.3, -0.25) is 10.1 Å². The first kappa shape index (κ1) is 22.1. The van der Waals surface area contributed by atoms with Gasteiger partial charge in [-0.2, -0.15) is 0 Å². The van der Waals surface area contributed by atoms with E-state index in [9.17, 15) is 14.7 Å². The van der Waals surface area contributed by atoms with Crippen LogP contribution in [0.3, 0.4) is 0 Å². The second kappa shape index (κ2) is 8.93. The number of aliphatic hydroxyl groups excluding tert-OH is 1. The van der Waals surface area contributed by atoms with Crippen LogP contribution in [0.4, 0.5) is 15.6 Å². The highest BCUT2D eigenvalue weighted by Crippen LogP contribution is 2.48. The number of halogens is 1. The van der Waals surface area contributed by atoms with Crippen molar-refractivity contribution in [1.29, 1.82) is 0 Å². The Labute approximate surface area is 200 Å². The first-order chi connectivity index (χ1) is 15.9. The minimum absolute atomic E-state index is 0.00620. The van der Waals surface area contributed by atoms with Gasteiger partial charge in [-0.15, -0.1) is 0 Å². The second-order valence-electron chi connectivity index (χ2n) is 8.89. The number of amides is 3. The molecule has 0 radical (unpaired) electrons. The summed E-state index contributed by atoms with van der Waals surface area (Å²) in [5, 5.41) is 19.4. The van der Waals surface area contributed by atoms with Crippen molar-refractivity contribution in [3.8, 4) is 0 Å². The lowest BCUT2D eigenvalue weighted by molar-refractivity contribution is 0.102. The van der Waals surface area contributed by atoms with Gasteiger partial charge >= 0.3 is 6.03 Å². The molecule has 33 heavy (non-hydrogen) atoms. The van der Waals surface area contributed by atoms with Gasteiger partial charge in [0.05, 0.1) is 20.9 Å². The Bertz CT molecular complexity index is 1210. The molecule has 3 aromatic rings. The number of thiazole rings is 1. The van der Waals surface area contributed by atoms with Crippen molar-refractivity contribution >= 4 is 55.9 Å². The smallest absolute Gasteiger partial charge is 0.321 e. The molecule has 1 aromatic heterocycles. The molecule has 9 heteroatoms. The van der Waals surface area contributed by atoms with Gasteiger partial charge in [0.25, 0.3) is 5.91 Å². The van der Waals surface area contributed by atoms with Crippen molar-refractivity contribution < 1.29 is 14.7 Å². The number of rotatable bonds is 5. The first-order valence-electron chi connectivity index (χ1n) is 11.1. The van der Waals surface area contributed by atoms with E-state index in [0.29, 0.717) is 38.8 Å². The summed E-state index contributed by atoms with van der Waals surface area (Å²) >= 11 is 7.54. The van der Waals surface area contributed by atoms with Gasteiger partial charge in [-0.25, -0.2) is 9.78 Å². The van der Waals surface area contributed by atoms with Gasteiger partial charge in [0.2, 0.25) is 0 Å². The molecular weight excluding hydrogens is 460 g/mol. The van der Waals surface area contributed by atoms with Crippen LogP contribution in [0, 0.1) is 24.7 Å². The molecular formula is C24H25ClN4O3S. The predicted octanol–water partition coefficient (Wildman–Crippen LogP) is 5.04. The molecule has 4 atom stereocenters. The van der Waals surface area contributed by atoms with Crippen molar-refractivity contribution in [2.45, 2.75) is 32.2 Å². The van der Waals surface area contributed by atoms with Crippen molar-refractivity contribution in [2.75, 3.05) is 17.2 Å². The van der Waals surface area contributed by atoms with E-state index in [1.165, 1.54) is 11.3 Å². The van der Waals surface area contributed by atoms with Crippen LogP contribution in [0.2, 0.25) is 5.02 Å². The highest BCUT2D eigenvalue weighted by Gasteiger charge is 2.47. The normalized spacial score (nSPS) is 23.6. The topological polar surface area (TPSA) is 103 Å². The number of urea groups is 1. The summed E-state index contributed by atoms with van der Waals surface area (Å²) in [7, 11) is 0. The van der Waals surface area contributed by atoms with Crippen LogP contribution in [-0.2, 0) is 0 Å². The number of carbonyl (C=O) groups is 2. The highest BCUT2D eigenvalue weighted by molar-refractivity contribution is 7.22. The Kier molecular flexibility index (Phi) is 5.99. The number of hydrogen-bond donors (Lipinski definition) is 4. The summed E-state index contributed by atoms with van der Waals surface area (Å²) in [6.07, 6.45) is 3.32. The molecule has 172 valence electrons. The lowest BCUT2D eigenvalue weighted by Gasteiger charge is -2.30. The van der Waals surface area contributed by atoms with Crippen LogP contribution in [0.5, 0.6) is 0 Å². The fourth-order valence-corrected chi connectivity index (χ4v) is 6.45. The van der Waals surface area contributed by atoms with Crippen molar-refractivity contribution in [3.05, 3.63) is 52.5 Å². The van der Waals surface area contributed by atoms with Gasteiger partial charge in [0.1, 0.15) is 0 Å². The van der Waals surface area contributed by atoms with E-state index in [1.54, 1.807) is 24.3 Å². The Morgan fingerprint density at radius 3 is 2.79 bits per heavy atom. The van der Waals surface area contributed by atoms with E-state index in [1.807, 2.05) is 19.1 Å². The summed E-state index contributed by atoms with van der Waals surface area (Å²) < 4.78 is 0.794. The molecule has 4 unspecified atom stereocenters. The number of aliphatic hydroxyl groups is 1. The fraction of sp³-hybridized carbons (Fsp3) is 0.375. The summed E-state index contributed by atoms with van der Waals surface area (Å²) in [5.74, 6) is 0.816. The number of carbonyl (C=O) groups excluding carboxylic acids is 2. The van der Waals surface area contributed by atoms with Gasteiger partial charge in [-0.1, -0.05) is 35.1 Å². The first-order valence-corrected chi connectivity index (χ1v) is 12.3. The fourth-order valence-electron chi connectivity index (χ4n) is 5.28. The Balaban J connectivity index is 1.27. The van der Waals surface area contributed by atoms with Crippen LogP contribution in [0.25, 0.3) is 10.2 Å². The van der Waals surface area contributed by atoms with Crippen LogP contribution in [0.1, 0.15) is 35.2 Å². The van der Waals surface area contributed by atoms with Gasteiger partial charge < -0.3 is 15.7 Å². The molecule has 2 aliphatic rings. The van der Waals surface area contributed by atoms with Crippen molar-refractivity contribution in [3.63, 3.8) is 0 Å². The third-order valence-corrected chi connectivity index (χ3v) is 8.18. The van der Waals surface area contributed by atoms with Crippen molar-refractivity contribution in [1.82, 2.24) is 10.3 Å². The molecule has 5 rings (SSSR count). The summed E-state index contributed by atoms with van der Waals surface area (Å²) in [4.78, 5) is 29.9. The number of aryl methyl sites for hydroxylation is 1. The number of aromatic nitrogens is 1. The molecule has 2 aromatic carbocycles. The average Bonchev–Trinajstić information content (AvgIpc) is 3.49. The predicted molar refractivity (Wildman–Crippen MR) is 131 cm³/mol. The van der Waals surface area contributed by atoms with E-state index in [0.717, 1.165) is 29.5 Å². The standard InChI is InChI=1S/C24H25ClN4O3S/c1-12-3-2-4-17(25)20(12)27-22(31)15-7-8-18-19(10-15)33-24(26-18)29-23(32)28-21-14-6-5-13(9-14)16(21)11-30/h2-4,7-8,10,13-14,16,21,30H,5-6,9,11H2,1H3,(H,27,31)(H2,26,28,29,32). The number of nitrogens with zero attached hydrogens (tertiary/aromatic N) is 1. The maximum Gasteiger partial charge on any atom is 0.321 e. The Morgan fingerprint density at radius 2 is 2.00 bits per heavy atom. The number of fused-ring (bicyclic) bond motifs is 3. The minimum Gasteiger partial charge on any atom is -0.396 e. The van der Waals surface area contributed by atoms with E-state index in [2.05, 4.69) is 20.9 Å². The van der Waals surface area contributed by atoms with Gasteiger partial charge in [0, 0.05) is 24.1 Å². The minimum atomic E-state index is -0.308. The zero-order valence-corrected chi connectivity index (χ0v) is 19.7. The van der Waals surface area contributed by atoms with Crippen LogP contribution >= 0.6 is 22.9 Å². The summed E-state index contributed by atoms with van der Waals surface area (Å²) in [6.45, 7) is 1.99. The Hall–Kier alpha value is -2.68. The lowest BCUT2D eigenvalue weighted by Crippen LogP contribution is -2.46. The van der Waals surface area contributed by atoms with Gasteiger partial charge in [-0.05, 0) is 67.9 Å². The number of para-hydroxylation sites is 1. The van der Waals surface area contributed by atoms with Gasteiger partial charge in [0.15, 0.2) is 5.13 Å². The molecule has 3 amide bonds. The number of benzene rings is 2. The molecule has 2 fully saturated rings. The highest BCUT2D eigenvalue weighted by atomic mass is 35.5. The quantitative estimate of drug-likeness (QED) is 0.407. The Morgan fingerprint density at radius 1 is 1.18 bits per heavy atom. The van der Waals surface area contributed by atoms with E-state index in [4.69, 9.17) is 11.6 Å². The molecule has 2 saturated carbocycles. The molecule has 2 aliphatic carbocycles. The molecule has 7 nitrogen and oxygen atoms in total. The number of hydrogen-bond acceptors (Lipinski definition) is 5. The molecule has 0 spiro atoms. The monoisotopic (exact) mass is 484 g/mol. The summed E-state index contributed by atoms with van der Waals surface area (Å²) in [6, 6.07) is 10.4. The zero-order chi connectivity index (χ0) is 23.1. The third-order valence-electron chi connectivity index (χ3n) is 6.93. The number of anilines is 2. The van der Waals surface area contributed by atoms with E-state index in [-0.39, 0.29) is 30.5 Å². The molecule has 2 bridgehead atoms. The SMILES string of the molecule is Cc1cccc(Cl)c1NC(=O)c1ccc2nc(NC(=O)NC3C4CCC(C4)C3CO)sc2c1. The second-order valence-corrected chi connectivity index (χ2v) is 10.3. The average molecular weight is 485 g/mol. The molecule has 1 heterocycles. The van der Waals surface area contributed by atoms with Crippen LogP contribution < -0.4 is 16.0 Å². The van der Waals surface area contributed by atoms with Crippen LogP contribution in [0.15, 0.2) is 36.4 Å². The maximum atomic E-state index is 12.8. The molecule has 4 N–H and O–H groups in total. The molecule has 0 saturated heterocycles. The molecule has 0 aliphatic heterocycles. The number of nitrogens with one attached hydrogen (secondary N) is 3. The van der Waals surface area contributed by atoms with E-state index >= 15 is 0 Å². The van der Waals surface area contributed by atoms with E-state index < -0.39 is 0 Å². The maximum absolute atomic E-state index is 12.8. The third kappa shape index (κ3) is 4.30. The van der Waals surface area contributed by atoms with Crippen molar-refractivity contribution in [2.24, 2.45) is 17.8 Å². The zero-order valence-electron chi connectivity index (χ0n) is 18.1. The largest absolute Gasteiger partial charge is 0.396 e.